The monoisotopic (exact) mass is 147 g/mol. The fraction of sp³-hybridized carbons (Fsp3) is 0. The molecule has 0 bridgehead atoms. The van der Waals surface area contributed by atoms with Gasteiger partial charge < -0.3 is 5.73 Å². The van der Waals surface area contributed by atoms with Gasteiger partial charge in [0.1, 0.15) is 6.33 Å². The number of nitrogen functional groups attached to an aromatic ring is 1. The van der Waals surface area contributed by atoms with Crippen molar-refractivity contribution in [3.05, 3.63) is 18.7 Å². The largest absolute Gasteiger partial charge is 0.368 e. The Labute approximate surface area is 62.3 Å². The summed E-state index contributed by atoms with van der Waals surface area (Å²) in [6.07, 6.45) is 4.66. The molecular formula is C6H5N5. The molecule has 0 saturated carbocycles. The Morgan fingerprint density at radius 1 is 1.18 bits per heavy atom. The minimum absolute atomic E-state index is 0.233. The van der Waals surface area contributed by atoms with E-state index in [0.717, 1.165) is 5.39 Å². The Morgan fingerprint density at radius 2 is 2.09 bits per heavy atom. The highest BCUT2D eigenvalue weighted by atomic mass is 15.0. The number of fused-ring (bicyclic) bond motifs is 1. The molecule has 0 amide bonds. The first-order valence-corrected chi connectivity index (χ1v) is 3.04. The van der Waals surface area contributed by atoms with Crippen LogP contribution >= 0.6 is 0 Å². The first-order valence-electron chi connectivity index (χ1n) is 3.04. The van der Waals surface area contributed by atoms with Crippen molar-refractivity contribution in [1.82, 2.24) is 19.9 Å². The summed E-state index contributed by atoms with van der Waals surface area (Å²) in [5.74, 6) is 0.233. The maximum atomic E-state index is 5.34. The smallest absolute Gasteiger partial charge is 0.222 e. The van der Waals surface area contributed by atoms with Crippen LogP contribution in [0.4, 0.5) is 5.95 Å². The van der Waals surface area contributed by atoms with Crippen LogP contribution in [0.25, 0.3) is 11.0 Å². The summed E-state index contributed by atoms with van der Waals surface area (Å²) in [6.45, 7) is 0. The zero-order valence-electron chi connectivity index (χ0n) is 5.60. The predicted octanol–water partition coefficient (Wildman–Crippen LogP) is 0.00200. The van der Waals surface area contributed by atoms with E-state index in [2.05, 4.69) is 19.9 Å². The molecule has 2 N–H and O–H groups in total. The summed E-state index contributed by atoms with van der Waals surface area (Å²) >= 11 is 0. The molecule has 0 atom stereocenters. The zero-order valence-corrected chi connectivity index (χ0v) is 5.60. The second kappa shape index (κ2) is 2.12. The summed E-state index contributed by atoms with van der Waals surface area (Å²) in [4.78, 5) is 15.4. The van der Waals surface area contributed by atoms with E-state index in [-0.39, 0.29) is 5.95 Å². The number of hydrogen-bond donors (Lipinski definition) is 1. The molecule has 0 aliphatic rings. The molecule has 0 radical (unpaired) electrons. The van der Waals surface area contributed by atoms with Crippen LogP contribution in [-0.4, -0.2) is 19.9 Å². The van der Waals surface area contributed by atoms with Gasteiger partial charge >= 0.3 is 0 Å². The quantitative estimate of drug-likeness (QED) is 0.567. The molecule has 0 saturated heterocycles. The first kappa shape index (κ1) is 5.96. The molecule has 0 unspecified atom stereocenters. The minimum Gasteiger partial charge on any atom is -0.368 e. The van der Waals surface area contributed by atoms with Crippen molar-refractivity contribution in [2.75, 3.05) is 5.73 Å². The third-order valence-corrected chi connectivity index (χ3v) is 1.27. The summed E-state index contributed by atoms with van der Waals surface area (Å²) < 4.78 is 0. The van der Waals surface area contributed by atoms with Crippen LogP contribution in [0, 0.1) is 0 Å². The molecule has 0 fully saturated rings. The lowest BCUT2D eigenvalue weighted by molar-refractivity contribution is 1.14. The molecule has 54 valence electrons. The van der Waals surface area contributed by atoms with Crippen LogP contribution in [-0.2, 0) is 0 Å². The second-order valence-corrected chi connectivity index (χ2v) is 2.03. The van der Waals surface area contributed by atoms with E-state index in [1.54, 1.807) is 12.4 Å². The van der Waals surface area contributed by atoms with Crippen molar-refractivity contribution in [2.24, 2.45) is 0 Å². The van der Waals surface area contributed by atoms with Crippen LogP contribution in [0.3, 0.4) is 0 Å². The lowest BCUT2D eigenvalue weighted by Gasteiger charge is -1.93. The molecule has 0 aliphatic heterocycles. The number of nitrogens with two attached hydrogens (primary N) is 1. The Kier molecular flexibility index (Phi) is 1.15. The van der Waals surface area contributed by atoms with Crippen molar-refractivity contribution < 1.29 is 0 Å². The van der Waals surface area contributed by atoms with Gasteiger partial charge in [-0.3, -0.25) is 0 Å². The molecule has 2 aromatic heterocycles. The van der Waals surface area contributed by atoms with Crippen LogP contribution in [0.2, 0.25) is 0 Å². The van der Waals surface area contributed by atoms with E-state index in [4.69, 9.17) is 5.73 Å². The molecule has 5 nitrogen and oxygen atoms in total. The average molecular weight is 147 g/mol. The Bertz CT molecular complexity index is 385. The van der Waals surface area contributed by atoms with Gasteiger partial charge in [0.25, 0.3) is 0 Å². The van der Waals surface area contributed by atoms with Crippen LogP contribution in [0.15, 0.2) is 18.7 Å². The summed E-state index contributed by atoms with van der Waals surface area (Å²) in [7, 11) is 0. The van der Waals surface area contributed by atoms with Gasteiger partial charge in [0.05, 0.1) is 5.39 Å². The lowest BCUT2D eigenvalue weighted by Crippen LogP contribution is -1.95. The molecule has 2 aromatic rings. The Hall–Kier alpha value is -1.78. The second-order valence-electron chi connectivity index (χ2n) is 2.03. The van der Waals surface area contributed by atoms with Crippen molar-refractivity contribution in [3.8, 4) is 0 Å². The average Bonchev–Trinajstić information content (AvgIpc) is 2.04. The van der Waals surface area contributed by atoms with Gasteiger partial charge in [0.15, 0.2) is 5.65 Å². The predicted molar refractivity (Wildman–Crippen MR) is 39.5 cm³/mol. The van der Waals surface area contributed by atoms with E-state index in [9.17, 15) is 0 Å². The van der Waals surface area contributed by atoms with Crippen LogP contribution < -0.4 is 5.73 Å². The van der Waals surface area contributed by atoms with Gasteiger partial charge in [0.2, 0.25) is 5.95 Å². The van der Waals surface area contributed by atoms with Crippen molar-refractivity contribution in [1.29, 1.82) is 0 Å². The third-order valence-electron chi connectivity index (χ3n) is 1.27. The first-order chi connectivity index (χ1) is 5.36. The summed E-state index contributed by atoms with van der Waals surface area (Å²) in [6, 6.07) is 0. The molecule has 2 rings (SSSR count). The zero-order chi connectivity index (χ0) is 7.68. The van der Waals surface area contributed by atoms with Gasteiger partial charge in [-0.05, 0) is 0 Å². The molecule has 0 aromatic carbocycles. The number of nitrogens with zero attached hydrogens (tertiary/aromatic N) is 4. The molecule has 2 heterocycles. The van der Waals surface area contributed by atoms with Gasteiger partial charge in [0, 0.05) is 12.4 Å². The van der Waals surface area contributed by atoms with Crippen molar-refractivity contribution >= 4 is 17.0 Å². The summed E-state index contributed by atoms with van der Waals surface area (Å²) in [5, 5.41) is 0.793. The fourth-order valence-electron chi connectivity index (χ4n) is 0.791. The standard InChI is InChI=1S/C6H5N5/c7-6-9-2-4-1-8-3-10-5(4)11-6/h1-3H,(H2,7,8,9,10,11). The Balaban J connectivity index is 2.83. The molecule has 0 aliphatic carbocycles. The molecule has 11 heavy (non-hydrogen) atoms. The van der Waals surface area contributed by atoms with Gasteiger partial charge in [-0.2, -0.15) is 4.98 Å². The number of hydrogen-bond acceptors (Lipinski definition) is 5. The van der Waals surface area contributed by atoms with Crippen molar-refractivity contribution in [3.63, 3.8) is 0 Å². The van der Waals surface area contributed by atoms with E-state index in [0.29, 0.717) is 5.65 Å². The minimum atomic E-state index is 0.233. The lowest BCUT2D eigenvalue weighted by atomic mass is 10.4. The number of anilines is 1. The SMILES string of the molecule is Nc1ncc2cncnc2n1. The Morgan fingerprint density at radius 3 is 3.00 bits per heavy atom. The number of rotatable bonds is 0. The maximum Gasteiger partial charge on any atom is 0.222 e. The number of aromatic nitrogens is 4. The van der Waals surface area contributed by atoms with Gasteiger partial charge in [-0.25, -0.2) is 15.0 Å². The normalized spacial score (nSPS) is 10.2. The van der Waals surface area contributed by atoms with E-state index in [1.165, 1.54) is 6.33 Å². The third kappa shape index (κ3) is 0.958. The van der Waals surface area contributed by atoms with Gasteiger partial charge in [-0.15, -0.1) is 0 Å². The fourth-order valence-corrected chi connectivity index (χ4v) is 0.791. The maximum absolute atomic E-state index is 5.34. The molecular weight excluding hydrogens is 142 g/mol. The highest BCUT2D eigenvalue weighted by molar-refractivity contribution is 5.72. The van der Waals surface area contributed by atoms with E-state index in [1.807, 2.05) is 0 Å². The topological polar surface area (TPSA) is 77.6 Å². The van der Waals surface area contributed by atoms with E-state index < -0.39 is 0 Å². The van der Waals surface area contributed by atoms with Crippen LogP contribution in [0.5, 0.6) is 0 Å². The highest BCUT2D eigenvalue weighted by Crippen LogP contribution is 2.04. The highest BCUT2D eigenvalue weighted by Gasteiger charge is 1.95. The van der Waals surface area contributed by atoms with Crippen LogP contribution in [0.1, 0.15) is 0 Å². The summed E-state index contributed by atoms with van der Waals surface area (Å²) in [5.41, 5.74) is 5.92. The molecule has 0 spiro atoms. The van der Waals surface area contributed by atoms with E-state index >= 15 is 0 Å². The van der Waals surface area contributed by atoms with Crippen molar-refractivity contribution in [2.45, 2.75) is 0 Å². The molecule has 5 heteroatoms. The van der Waals surface area contributed by atoms with Gasteiger partial charge in [-0.1, -0.05) is 0 Å².